The quantitative estimate of drug-likeness (QED) is 0.731. The summed E-state index contributed by atoms with van der Waals surface area (Å²) in [6.07, 6.45) is 1.24. The van der Waals surface area contributed by atoms with E-state index in [1.54, 1.807) is 0 Å². The summed E-state index contributed by atoms with van der Waals surface area (Å²) >= 11 is 7.42. The van der Waals surface area contributed by atoms with Gasteiger partial charge in [-0.05, 0) is 59.2 Å². The Kier molecular flexibility index (Phi) is 7.04. The van der Waals surface area contributed by atoms with Crippen LogP contribution in [-0.2, 0) is 0 Å². The number of rotatable bonds is 7. The van der Waals surface area contributed by atoms with E-state index < -0.39 is 0 Å². The third-order valence-corrected chi connectivity index (χ3v) is 5.46. The molecule has 1 heterocycles. The molecule has 16 heavy (non-hydrogen) atoms. The van der Waals surface area contributed by atoms with Gasteiger partial charge in [-0.15, -0.1) is 11.3 Å². The molecule has 92 valence electrons. The van der Waals surface area contributed by atoms with Crippen molar-refractivity contribution >= 4 is 39.0 Å². The fraction of sp³-hybridized carbons (Fsp3) is 0.667. The van der Waals surface area contributed by atoms with Gasteiger partial charge in [0.1, 0.15) is 0 Å². The average molecular weight is 322 g/mol. The van der Waals surface area contributed by atoms with E-state index in [4.69, 9.17) is 0 Å². The van der Waals surface area contributed by atoms with Crippen LogP contribution in [0.1, 0.15) is 38.1 Å². The highest BCUT2D eigenvalue weighted by Gasteiger charge is 2.12. The molecule has 1 aromatic heterocycles. The molecule has 0 aliphatic rings. The van der Waals surface area contributed by atoms with Crippen molar-refractivity contribution in [2.24, 2.45) is 0 Å². The summed E-state index contributed by atoms with van der Waals surface area (Å²) in [5.41, 5.74) is 0. The first-order chi connectivity index (χ1) is 7.65. The van der Waals surface area contributed by atoms with Gasteiger partial charge in [0.25, 0.3) is 0 Å². The molecule has 1 N–H and O–H groups in total. The summed E-state index contributed by atoms with van der Waals surface area (Å²) in [7, 11) is 0. The predicted octanol–water partition coefficient (Wildman–Crippen LogP) is 4.69. The molecule has 0 bridgehead atoms. The van der Waals surface area contributed by atoms with E-state index in [0.29, 0.717) is 12.1 Å². The normalized spacial score (nSPS) is 15.0. The summed E-state index contributed by atoms with van der Waals surface area (Å²) in [6, 6.07) is 3.15. The zero-order valence-electron chi connectivity index (χ0n) is 10.1. The molecule has 0 amide bonds. The topological polar surface area (TPSA) is 12.0 Å². The van der Waals surface area contributed by atoms with Gasteiger partial charge in [-0.25, -0.2) is 0 Å². The van der Waals surface area contributed by atoms with Gasteiger partial charge < -0.3 is 5.32 Å². The summed E-state index contributed by atoms with van der Waals surface area (Å²) in [5, 5.41) is 5.78. The first kappa shape index (κ1) is 14.6. The van der Waals surface area contributed by atoms with Gasteiger partial charge in [-0.3, -0.25) is 0 Å². The lowest BCUT2D eigenvalue weighted by molar-refractivity contribution is 0.475. The summed E-state index contributed by atoms with van der Waals surface area (Å²) in [4.78, 5) is 1.40. The summed E-state index contributed by atoms with van der Waals surface area (Å²) in [5.74, 6) is 2.47. The minimum Gasteiger partial charge on any atom is -0.307 e. The minimum absolute atomic E-state index is 0.441. The van der Waals surface area contributed by atoms with Crippen molar-refractivity contribution < 1.29 is 0 Å². The van der Waals surface area contributed by atoms with Crippen LogP contribution in [0, 0.1) is 0 Å². The highest BCUT2D eigenvalue weighted by atomic mass is 79.9. The van der Waals surface area contributed by atoms with E-state index in [2.05, 4.69) is 53.5 Å². The Balaban J connectivity index is 2.33. The van der Waals surface area contributed by atoms with Gasteiger partial charge in [0, 0.05) is 21.4 Å². The maximum Gasteiger partial charge on any atom is 0.0399 e. The van der Waals surface area contributed by atoms with Crippen LogP contribution >= 0.6 is 39.0 Å². The predicted molar refractivity (Wildman–Crippen MR) is 80.6 cm³/mol. The van der Waals surface area contributed by atoms with Gasteiger partial charge in [0.15, 0.2) is 0 Å². The smallest absolute Gasteiger partial charge is 0.0399 e. The molecule has 0 radical (unpaired) electrons. The molecule has 0 spiro atoms. The van der Waals surface area contributed by atoms with Crippen LogP contribution in [0.25, 0.3) is 0 Å². The number of nitrogens with one attached hydrogen (secondary N) is 1. The lowest BCUT2D eigenvalue weighted by Gasteiger charge is -2.19. The maximum absolute atomic E-state index is 3.65. The standard InChI is InChI=1S/C12H20BrNS2/c1-4-15-7-5-9(2)14-10(3)12-11(13)6-8-16-12/h6,8-10,14H,4-5,7H2,1-3H3. The fourth-order valence-corrected chi connectivity index (χ4v) is 4.15. The molecule has 4 heteroatoms. The molecule has 1 rings (SSSR count). The van der Waals surface area contributed by atoms with Crippen molar-refractivity contribution in [2.75, 3.05) is 11.5 Å². The average Bonchev–Trinajstić information content (AvgIpc) is 2.65. The first-order valence-electron chi connectivity index (χ1n) is 5.71. The number of thiophene rings is 1. The SMILES string of the molecule is CCSCCC(C)NC(C)c1sccc1Br. The second-order valence-corrected chi connectivity index (χ2v) is 7.10. The Bertz CT molecular complexity index is 301. The van der Waals surface area contributed by atoms with Crippen LogP contribution in [0.2, 0.25) is 0 Å². The molecule has 0 saturated heterocycles. The Labute approximate surface area is 116 Å². The Morgan fingerprint density at radius 2 is 2.25 bits per heavy atom. The van der Waals surface area contributed by atoms with Gasteiger partial charge in [0.2, 0.25) is 0 Å². The van der Waals surface area contributed by atoms with Crippen molar-refractivity contribution in [2.45, 2.75) is 39.3 Å². The Morgan fingerprint density at radius 1 is 1.50 bits per heavy atom. The van der Waals surface area contributed by atoms with Gasteiger partial charge in [-0.2, -0.15) is 11.8 Å². The highest BCUT2D eigenvalue weighted by Crippen LogP contribution is 2.29. The van der Waals surface area contributed by atoms with Crippen molar-refractivity contribution in [3.05, 3.63) is 20.8 Å². The first-order valence-corrected chi connectivity index (χ1v) is 8.54. The van der Waals surface area contributed by atoms with E-state index in [0.717, 1.165) is 0 Å². The van der Waals surface area contributed by atoms with Crippen LogP contribution in [0.5, 0.6) is 0 Å². The monoisotopic (exact) mass is 321 g/mol. The lowest BCUT2D eigenvalue weighted by Crippen LogP contribution is -2.29. The molecule has 0 aliphatic carbocycles. The van der Waals surface area contributed by atoms with E-state index in [-0.39, 0.29) is 0 Å². The van der Waals surface area contributed by atoms with E-state index in [9.17, 15) is 0 Å². The molecular weight excluding hydrogens is 302 g/mol. The Hall–Kier alpha value is 0.490. The highest BCUT2D eigenvalue weighted by molar-refractivity contribution is 9.10. The summed E-state index contributed by atoms with van der Waals surface area (Å²) in [6.45, 7) is 6.72. The molecule has 0 aliphatic heterocycles. The molecule has 0 aromatic carbocycles. The van der Waals surface area contributed by atoms with Crippen molar-refractivity contribution in [3.8, 4) is 0 Å². The van der Waals surface area contributed by atoms with Gasteiger partial charge >= 0.3 is 0 Å². The molecular formula is C12H20BrNS2. The third-order valence-electron chi connectivity index (χ3n) is 2.47. The molecule has 1 nitrogen and oxygen atoms in total. The molecule has 1 aromatic rings. The van der Waals surface area contributed by atoms with Crippen LogP contribution in [0.4, 0.5) is 0 Å². The van der Waals surface area contributed by atoms with Gasteiger partial charge in [-0.1, -0.05) is 6.92 Å². The minimum atomic E-state index is 0.441. The maximum atomic E-state index is 3.65. The van der Waals surface area contributed by atoms with Crippen molar-refractivity contribution in [3.63, 3.8) is 0 Å². The number of hydrogen-bond acceptors (Lipinski definition) is 3. The third kappa shape index (κ3) is 4.78. The molecule has 0 saturated carbocycles. The molecule has 2 unspecified atom stereocenters. The summed E-state index contributed by atoms with van der Waals surface area (Å²) < 4.78 is 1.23. The zero-order valence-corrected chi connectivity index (χ0v) is 13.3. The fourth-order valence-electron chi connectivity index (χ4n) is 1.60. The van der Waals surface area contributed by atoms with Crippen molar-refractivity contribution in [1.82, 2.24) is 5.32 Å². The Morgan fingerprint density at radius 3 is 2.81 bits per heavy atom. The number of halogens is 1. The van der Waals surface area contributed by atoms with E-state index in [1.165, 1.54) is 27.3 Å². The lowest BCUT2D eigenvalue weighted by atomic mass is 10.2. The van der Waals surface area contributed by atoms with Gasteiger partial charge in [0.05, 0.1) is 0 Å². The largest absolute Gasteiger partial charge is 0.307 e. The molecule has 2 atom stereocenters. The van der Waals surface area contributed by atoms with E-state index in [1.807, 2.05) is 23.1 Å². The number of hydrogen-bond donors (Lipinski definition) is 1. The van der Waals surface area contributed by atoms with Crippen LogP contribution in [0.15, 0.2) is 15.9 Å². The van der Waals surface area contributed by atoms with Crippen LogP contribution < -0.4 is 5.32 Å². The van der Waals surface area contributed by atoms with E-state index >= 15 is 0 Å². The van der Waals surface area contributed by atoms with Crippen LogP contribution in [0.3, 0.4) is 0 Å². The molecule has 0 fully saturated rings. The second kappa shape index (κ2) is 7.75. The van der Waals surface area contributed by atoms with Crippen molar-refractivity contribution in [1.29, 1.82) is 0 Å². The second-order valence-electron chi connectivity index (χ2n) is 3.91. The zero-order chi connectivity index (χ0) is 12.0. The number of thioether (sulfide) groups is 1. The van der Waals surface area contributed by atoms with Crippen LogP contribution in [-0.4, -0.2) is 17.5 Å².